The first kappa shape index (κ1) is 12.2. The summed E-state index contributed by atoms with van der Waals surface area (Å²) in [6.07, 6.45) is 6.99. The first-order valence-corrected chi connectivity index (χ1v) is 6.55. The maximum absolute atomic E-state index is 10.2. The van der Waals surface area contributed by atoms with E-state index < -0.39 is 5.60 Å². The Kier molecular flexibility index (Phi) is 4.23. The molecule has 0 atom stereocenters. The number of hydrogen-bond acceptors (Lipinski definition) is 1. The molecular formula is C16H20O. The van der Waals surface area contributed by atoms with E-state index in [-0.39, 0.29) is 0 Å². The average molecular weight is 228 g/mol. The molecule has 0 bridgehead atoms. The van der Waals surface area contributed by atoms with Crippen LogP contribution in [0.4, 0.5) is 0 Å². The van der Waals surface area contributed by atoms with Gasteiger partial charge in [-0.05, 0) is 37.7 Å². The summed E-state index contributed by atoms with van der Waals surface area (Å²) < 4.78 is 0. The summed E-state index contributed by atoms with van der Waals surface area (Å²) in [6, 6.07) is 10.4. The first-order chi connectivity index (χ1) is 8.29. The highest BCUT2D eigenvalue weighted by atomic mass is 16.3. The maximum Gasteiger partial charge on any atom is 0.125 e. The molecule has 0 amide bonds. The third kappa shape index (κ3) is 3.91. The third-order valence-electron chi connectivity index (χ3n) is 3.38. The molecule has 1 N–H and O–H groups in total. The fraction of sp³-hybridized carbons (Fsp3) is 0.500. The first-order valence-electron chi connectivity index (χ1n) is 6.55. The molecule has 1 fully saturated rings. The predicted octanol–water partition coefficient (Wildman–Crippen LogP) is 3.32. The van der Waals surface area contributed by atoms with E-state index in [2.05, 4.69) is 36.1 Å². The summed E-state index contributed by atoms with van der Waals surface area (Å²) >= 11 is 0. The summed E-state index contributed by atoms with van der Waals surface area (Å²) in [4.78, 5) is 0. The quantitative estimate of drug-likeness (QED) is 0.770. The Hall–Kier alpha value is -1.26. The second kappa shape index (κ2) is 5.89. The van der Waals surface area contributed by atoms with Crippen molar-refractivity contribution in [2.75, 3.05) is 0 Å². The Balaban J connectivity index is 1.82. The van der Waals surface area contributed by atoms with Crippen molar-refractivity contribution >= 4 is 0 Å². The lowest BCUT2D eigenvalue weighted by molar-refractivity contribution is 0.0609. The summed E-state index contributed by atoms with van der Waals surface area (Å²) in [7, 11) is 0. The number of benzene rings is 1. The van der Waals surface area contributed by atoms with Gasteiger partial charge in [0.1, 0.15) is 5.60 Å². The van der Waals surface area contributed by atoms with Crippen molar-refractivity contribution in [2.24, 2.45) is 0 Å². The number of aliphatic hydroxyl groups is 1. The van der Waals surface area contributed by atoms with Crippen LogP contribution in [0, 0.1) is 11.8 Å². The van der Waals surface area contributed by atoms with E-state index in [1.807, 2.05) is 6.07 Å². The van der Waals surface area contributed by atoms with Crippen LogP contribution in [-0.2, 0) is 6.42 Å². The van der Waals surface area contributed by atoms with Gasteiger partial charge in [0.05, 0.1) is 0 Å². The molecule has 1 heteroatoms. The fourth-order valence-corrected chi connectivity index (χ4v) is 2.34. The molecule has 0 unspecified atom stereocenters. The predicted molar refractivity (Wildman–Crippen MR) is 70.6 cm³/mol. The Morgan fingerprint density at radius 1 is 1.06 bits per heavy atom. The molecule has 2 rings (SSSR count). The van der Waals surface area contributed by atoms with Crippen molar-refractivity contribution in [3.05, 3.63) is 35.9 Å². The highest BCUT2D eigenvalue weighted by Crippen LogP contribution is 2.27. The zero-order valence-electron chi connectivity index (χ0n) is 10.3. The van der Waals surface area contributed by atoms with E-state index in [9.17, 15) is 5.11 Å². The SMILES string of the molecule is OC1(C#CCCc2ccccc2)CCCCC1. The Labute approximate surface area is 104 Å². The Morgan fingerprint density at radius 2 is 1.76 bits per heavy atom. The molecule has 1 aromatic rings. The molecule has 1 nitrogen and oxygen atoms in total. The van der Waals surface area contributed by atoms with Gasteiger partial charge >= 0.3 is 0 Å². The van der Waals surface area contributed by atoms with E-state index in [0.29, 0.717) is 0 Å². The molecule has 0 spiro atoms. The molecule has 1 aliphatic rings. The van der Waals surface area contributed by atoms with Crippen molar-refractivity contribution in [3.63, 3.8) is 0 Å². The van der Waals surface area contributed by atoms with Crippen LogP contribution in [-0.4, -0.2) is 10.7 Å². The van der Waals surface area contributed by atoms with Gasteiger partial charge in [0.25, 0.3) is 0 Å². The van der Waals surface area contributed by atoms with E-state index in [1.54, 1.807) is 0 Å². The molecule has 1 aliphatic carbocycles. The lowest BCUT2D eigenvalue weighted by atomic mass is 9.85. The van der Waals surface area contributed by atoms with Crippen LogP contribution in [0.1, 0.15) is 44.1 Å². The van der Waals surface area contributed by atoms with Gasteiger partial charge in [0.2, 0.25) is 0 Å². The molecular weight excluding hydrogens is 208 g/mol. The van der Waals surface area contributed by atoms with Crippen molar-refractivity contribution < 1.29 is 5.11 Å². The largest absolute Gasteiger partial charge is 0.378 e. The summed E-state index contributed by atoms with van der Waals surface area (Å²) in [5, 5.41) is 10.2. The van der Waals surface area contributed by atoms with Crippen LogP contribution in [0.3, 0.4) is 0 Å². The van der Waals surface area contributed by atoms with E-state index in [0.717, 1.165) is 38.5 Å². The van der Waals surface area contributed by atoms with Gasteiger partial charge in [0, 0.05) is 6.42 Å². The number of rotatable bonds is 2. The van der Waals surface area contributed by atoms with Crippen LogP contribution >= 0.6 is 0 Å². The lowest BCUT2D eigenvalue weighted by Gasteiger charge is -2.26. The Morgan fingerprint density at radius 3 is 2.47 bits per heavy atom. The van der Waals surface area contributed by atoms with Crippen molar-refractivity contribution in [1.82, 2.24) is 0 Å². The minimum absolute atomic E-state index is 0.686. The van der Waals surface area contributed by atoms with Gasteiger partial charge in [0.15, 0.2) is 0 Å². The molecule has 1 aromatic carbocycles. The molecule has 0 radical (unpaired) electrons. The van der Waals surface area contributed by atoms with Crippen molar-refractivity contribution in [2.45, 2.75) is 50.5 Å². The van der Waals surface area contributed by atoms with E-state index >= 15 is 0 Å². The summed E-state index contributed by atoms with van der Waals surface area (Å²) in [5.74, 6) is 6.22. The number of hydrogen-bond donors (Lipinski definition) is 1. The van der Waals surface area contributed by atoms with Crippen LogP contribution < -0.4 is 0 Å². The van der Waals surface area contributed by atoms with Crippen LogP contribution in [0.15, 0.2) is 30.3 Å². The fourth-order valence-electron chi connectivity index (χ4n) is 2.34. The van der Waals surface area contributed by atoms with Crippen LogP contribution in [0.25, 0.3) is 0 Å². The second-order valence-electron chi connectivity index (χ2n) is 4.88. The topological polar surface area (TPSA) is 20.2 Å². The van der Waals surface area contributed by atoms with Gasteiger partial charge in [-0.25, -0.2) is 0 Å². The zero-order chi connectivity index (χ0) is 12.0. The molecule has 0 heterocycles. The number of aryl methyl sites for hydroxylation is 1. The molecule has 0 aromatic heterocycles. The normalized spacial score (nSPS) is 18.2. The minimum atomic E-state index is -0.686. The van der Waals surface area contributed by atoms with E-state index in [1.165, 1.54) is 12.0 Å². The maximum atomic E-state index is 10.2. The lowest BCUT2D eigenvalue weighted by Crippen LogP contribution is -2.29. The van der Waals surface area contributed by atoms with Gasteiger partial charge in [-0.3, -0.25) is 0 Å². The minimum Gasteiger partial charge on any atom is -0.378 e. The molecule has 90 valence electrons. The monoisotopic (exact) mass is 228 g/mol. The zero-order valence-corrected chi connectivity index (χ0v) is 10.3. The third-order valence-corrected chi connectivity index (χ3v) is 3.38. The summed E-state index contributed by atoms with van der Waals surface area (Å²) in [5.41, 5.74) is 0.631. The van der Waals surface area contributed by atoms with Gasteiger partial charge in [-0.2, -0.15) is 0 Å². The molecule has 0 saturated heterocycles. The average Bonchev–Trinajstić information content (AvgIpc) is 2.37. The van der Waals surface area contributed by atoms with E-state index in [4.69, 9.17) is 0 Å². The van der Waals surface area contributed by atoms with Gasteiger partial charge in [-0.15, -0.1) is 0 Å². The van der Waals surface area contributed by atoms with Crippen LogP contribution in [0.5, 0.6) is 0 Å². The molecule has 1 saturated carbocycles. The van der Waals surface area contributed by atoms with Crippen molar-refractivity contribution in [3.8, 4) is 11.8 Å². The highest BCUT2D eigenvalue weighted by Gasteiger charge is 2.26. The highest BCUT2D eigenvalue weighted by molar-refractivity contribution is 5.18. The molecule has 0 aliphatic heterocycles. The molecule has 17 heavy (non-hydrogen) atoms. The van der Waals surface area contributed by atoms with Crippen LogP contribution in [0.2, 0.25) is 0 Å². The second-order valence-corrected chi connectivity index (χ2v) is 4.88. The van der Waals surface area contributed by atoms with Gasteiger partial charge < -0.3 is 5.11 Å². The standard InChI is InChI=1S/C16H20O/c17-16(12-6-2-7-13-16)14-8-5-11-15-9-3-1-4-10-15/h1,3-4,9-10,17H,2,5-7,11-13H2. The smallest absolute Gasteiger partial charge is 0.125 e. The summed E-state index contributed by atoms with van der Waals surface area (Å²) in [6.45, 7) is 0. The van der Waals surface area contributed by atoms with Crippen molar-refractivity contribution in [1.29, 1.82) is 0 Å². The van der Waals surface area contributed by atoms with Gasteiger partial charge in [-0.1, -0.05) is 48.6 Å². The Bertz CT molecular complexity index is 391.